The second-order valence-electron chi connectivity index (χ2n) is 12.1. The monoisotopic (exact) mass is 714 g/mol. The number of nitrogens with one attached hydrogen (secondary N) is 1. The standard InChI is InChI=1S/C22H38N2O4S.C12H16Cl2N2.C2H6/c1-2-14-28-15-9-16-29-19-17-21(26)24(22(19)27)13-8-4-7-12-20(25)23-18-10-5-3-6-11-18;1-2-15-6-8-16(9-7-15)11-5-3-4-10(13)12(11)14;1-2/h18-19H,2-17H2,1H3,(H,23,25);3-5H,2,6-9H2,1H3;1-2H3. The summed E-state index contributed by atoms with van der Waals surface area (Å²) in [6.45, 7) is 15.6. The van der Waals surface area contributed by atoms with Crippen LogP contribution in [0.4, 0.5) is 5.69 Å². The van der Waals surface area contributed by atoms with Crippen molar-refractivity contribution in [2.45, 2.75) is 116 Å². The Hall–Kier alpha value is -1.52. The third-order valence-corrected chi connectivity index (χ3v) is 10.8. The van der Waals surface area contributed by atoms with Crippen LogP contribution in [0.5, 0.6) is 0 Å². The molecule has 3 aliphatic rings. The number of benzene rings is 1. The summed E-state index contributed by atoms with van der Waals surface area (Å²) in [6.07, 6.45) is 11.2. The summed E-state index contributed by atoms with van der Waals surface area (Å²) in [5.41, 5.74) is 1.06. The first kappa shape index (κ1) is 41.7. The highest BCUT2D eigenvalue weighted by molar-refractivity contribution is 8.00. The molecule has 2 saturated heterocycles. The zero-order valence-electron chi connectivity index (χ0n) is 29.4. The van der Waals surface area contributed by atoms with Crippen LogP contribution >= 0.6 is 35.0 Å². The zero-order chi connectivity index (χ0) is 34.4. The zero-order valence-corrected chi connectivity index (χ0v) is 31.7. The van der Waals surface area contributed by atoms with Gasteiger partial charge in [0.05, 0.1) is 21.0 Å². The molecule has 1 aromatic rings. The van der Waals surface area contributed by atoms with Crippen molar-refractivity contribution in [2.75, 3.05) is 63.1 Å². The molecule has 0 radical (unpaired) electrons. The second kappa shape index (κ2) is 24.6. The summed E-state index contributed by atoms with van der Waals surface area (Å²) >= 11 is 13.8. The van der Waals surface area contributed by atoms with E-state index in [9.17, 15) is 14.4 Å². The van der Waals surface area contributed by atoms with Crippen LogP contribution in [0, 0.1) is 0 Å². The molecule has 4 rings (SSSR count). The predicted octanol–water partition coefficient (Wildman–Crippen LogP) is 7.83. The lowest BCUT2D eigenvalue weighted by Crippen LogP contribution is -2.46. The van der Waals surface area contributed by atoms with Gasteiger partial charge in [0.15, 0.2) is 0 Å². The van der Waals surface area contributed by atoms with E-state index in [1.165, 1.54) is 24.2 Å². The van der Waals surface area contributed by atoms with Gasteiger partial charge >= 0.3 is 0 Å². The van der Waals surface area contributed by atoms with E-state index >= 15 is 0 Å². The minimum absolute atomic E-state index is 0.0375. The minimum Gasteiger partial charge on any atom is -0.381 e. The second-order valence-corrected chi connectivity index (χ2v) is 14.2. The van der Waals surface area contributed by atoms with Crippen LogP contribution < -0.4 is 10.2 Å². The maximum absolute atomic E-state index is 12.5. The summed E-state index contributed by atoms with van der Waals surface area (Å²) in [5.74, 6) is 0.899. The minimum atomic E-state index is -0.227. The van der Waals surface area contributed by atoms with Gasteiger partial charge < -0.3 is 19.9 Å². The number of carbonyl (C=O) groups excluding carboxylic acids is 3. The van der Waals surface area contributed by atoms with Gasteiger partial charge in [-0.05, 0) is 63.0 Å². The molecule has 47 heavy (non-hydrogen) atoms. The third kappa shape index (κ3) is 15.3. The fourth-order valence-corrected chi connectivity index (χ4v) is 7.49. The fourth-order valence-electron chi connectivity index (χ4n) is 5.97. The molecule has 11 heteroatoms. The van der Waals surface area contributed by atoms with Gasteiger partial charge in [0.1, 0.15) is 0 Å². The Bertz CT molecular complexity index is 1050. The fraction of sp³-hybridized carbons (Fsp3) is 0.750. The SMILES string of the molecule is CC.CCCOCCCSC1CC(=O)N(CCCCCC(=O)NC2CCCCC2)C1=O.CCN1CCN(c2cccc(Cl)c2Cl)CC1. The lowest BCUT2D eigenvalue weighted by molar-refractivity contribution is -0.138. The van der Waals surface area contributed by atoms with Crippen LogP contribution in [0.1, 0.15) is 105 Å². The lowest BCUT2D eigenvalue weighted by Gasteiger charge is -2.36. The van der Waals surface area contributed by atoms with E-state index in [1.807, 2.05) is 32.0 Å². The molecule has 0 aromatic heterocycles. The maximum Gasteiger partial charge on any atom is 0.242 e. The molecular formula is C36H60Cl2N4O4S. The van der Waals surface area contributed by atoms with Gasteiger partial charge in [0.25, 0.3) is 0 Å². The molecular weight excluding hydrogens is 655 g/mol. The Morgan fingerprint density at radius 2 is 1.68 bits per heavy atom. The number of likely N-dealkylation sites (N-methyl/N-ethyl adjacent to an activating group) is 1. The number of rotatable bonds is 16. The first-order valence-electron chi connectivity index (χ1n) is 18.1. The van der Waals surface area contributed by atoms with E-state index < -0.39 is 0 Å². The van der Waals surface area contributed by atoms with Gasteiger partial charge in [-0.3, -0.25) is 19.3 Å². The van der Waals surface area contributed by atoms with Crippen molar-refractivity contribution in [2.24, 2.45) is 0 Å². The van der Waals surface area contributed by atoms with Gasteiger partial charge in [-0.25, -0.2) is 0 Å². The number of nitrogens with zero attached hydrogens (tertiary/aromatic N) is 3. The van der Waals surface area contributed by atoms with Crippen molar-refractivity contribution >= 4 is 58.4 Å². The predicted molar refractivity (Wildman–Crippen MR) is 199 cm³/mol. The highest BCUT2D eigenvalue weighted by atomic mass is 35.5. The molecule has 3 fully saturated rings. The molecule has 1 saturated carbocycles. The van der Waals surface area contributed by atoms with E-state index in [-0.39, 0.29) is 23.0 Å². The van der Waals surface area contributed by atoms with Gasteiger partial charge in [-0.15, -0.1) is 11.8 Å². The van der Waals surface area contributed by atoms with Crippen molar-refractivity contribution in [3.05, 3.63) is 28.2 Å². The van der Waals surface area contributed by atoms with E-state index in [0.717, 1.165) is 95.7 Å². The smallest absolute Gasteiger partial charge is 0.242 e. The van der Waals surface area contributed by atoms with E-state index in [0.29, 0.717) is 42.1 Å². The number of thioether (sulfide) groups is 1. The Labute approximate surface area is 299 Å². The van der Waals surface area contributed by atoms with Crippen LogP contribution in [0.15, 0.2) is 18.2 Å². The van der Waals surface area contributed by atoms with Crippen molar-refractivity contribution in [3.63, 3.8) is 0 Å². The maximum atomic E-state index is 12.5. The number of imide groups is 1. The van der Waals surface area contributed by atoms with Crippen LogP contribution in [0.2, 0.25) is 10.0 Å². The molecule has 8 nitrogen and oxygen atoms in total. The van der Waals surface area contributed by atoms with Gasteiger partial charge in [0.2, 0.25) is 17.7 Å². The number of carbonyl (C=O) groups is 3. The largest absolute Gasteiger partial charge is 0.381 e. The molecule has 1 N–H and O–H groups in total. The first-order valence-corrected chi connectivity index (χ1v) is 19.9. The average molecular weight is 716 g/mol. The summed E-state index contributed by atoms with van der Waals surface area (Å²) in [7, 11) is 0. The molecule has 1 unspecified atom stereocenters. The molecule has 1 atom stereocenters. The first-order chi connectivity index (χ1) is 22.8. The average Bonchev–Trinajstić information content (AvgIpc) is 3.36. The normalized spacial score (nSPS) is 18.8. The number of likely N-dealkylation sites (tertiary alicyclic amines) is 1. The summed E-state index contributed by atoms with van der Waals surface area (Å²) in [4.78, 5) is 42.8. The molecule has 3 amide bonds. The molecule has 1 aliphatic carbocycles. The van der Waals surface area contributed by atoms with Crippen LogP contribution in [0.3, 0.4) is 0 Å². The Balaban J connectivity index is 0.000000358. The Kier molecular flexibility index (Phi) is 21.8. The van der Waals surface area contributed by atoms with Crippen molar-refractivity contribution in [1.29, 1.82) is 0 Å². The number of halogens is 2. The quantitative estimate of drug-likeness (QED) is 0.138. The summed E-state index contributed by atoms with van der Waals surface area (Å²) < 4.78 is 5.45. The number of hydrogen-bond donors (Lipinski definition) is 1. The van der Waals surface area contributed by atoms with E-state index in [2.05, 4.69) is 29.0 Å². The van der Waals surface area contributed by atoms with Gasteiger partial charge in [-0.2, -0.15) is 0 Å². The highest BCUT2D eigenvalue weighted by Crippen LogP contribution is 2.33. The number of amides is 3. The van der Waals surface area contributed by atoms with Gasteiger partial charge in [-0.1, -0.05) is 82.6 Å². The molecule has 0 spiro atoms. The van der Waals surface area contributed by atoms with Crippen molar-refractivity contribution < 1.29 is 19.1 Å². The van der Waals surface area contributed by atoms with Crippen LogP contribution in [0.25, 0.3) is 0 Å². The van der Waals surface area contributed by atoms with Gasteiger partial charge in [0, 0.05) is 64.8 Å². The van der Waals surface area contributed by atoms with Crippen molar-refractivity contribution in [3.8, 4) is 0 Å². The van der Waals surface area contributed by atoms with Crippen LogP contribution in [-0.4, -0.2) is 97.0 Å². The number of piperazine rings is 1. The molecule has 0 bridgehead atoms. The number of anilines is 1. The molecule has 268 valence electrons. The molecule has 2 aliphatic heterocycles. The van der Waals surface area contributed by atoms with E-state index in [1.54, 1.807) is 11.8 Å². The van der Waals surface area contributed by atoms with Crippen molar-refractivity contribution in [1.82, 2.24) is 15.1 Å². The topological polar surface area (TPSA) is 82.2 Å². The highest BCUT2D eigenvalue weighted by Gasteiger charge is 2.38. The lowest BCUT2D eigenvalue weighted by atomic mass is 9.95. The molecule has 2 heterocycles. The summed E-state index contributed by atoms with van der Waals surface area (Å²) in [6, 6.07) is 6.19. The van der Waals surface area contributed by atoms with E-state index in [4.69, 9.17) is 27.9 Å². The third-order valence-electron chi connectivity index (χ3n) is 8.65. The van der Waals surface area contributed by atoms with Crippen LogP contribution in [-0.2, 0) is 19.1 Å². The molecule has 1 aromatic carbocycles. The summed E-state index contributed by atoms with van der Waals surface area (Å²) in [5, 5.41) is 4.22. The number of hydrogen-bond acceptors (Lipinski definition) is 7. The Morgan fingerprint density at radius 3 is 2.36 bits per heavy atom. The number of unbranched alkanes of at least 4 members (excludes halogenated alkanes) is 2. The number of ether oxygens (including phenoxy) is 1. The Morgan fingerprint density at radius 1 is 0.957 bits per heavy atom.